The zero-order valence-corrected chi connectivity index (χ0v) is 17.3. The summed E-state index contributed by atoms with van der Waals surface area (Å²) in [7, 11) is 0. The number of aromatic nitrogens is 2. The summed E-state index contributed by atoms with van der Waals surface area (Å²) in [5, 5.41) is 9.83. The molecule has 1 aromatic carbocycles. The van der Waals surface area contributed by atoms with Crippen LogP contribution in [0.3, 0.4) is 0 Å². The monoisotopic (exact) mass is 461 g/mol. The molecule has 1 aliphatic carbocycles. The normalized spacial score (nSPS) is 13.5. The molecule has 1 aliphatic rings. The number of esters is 1. The summed E-state index contributed by atoms with van der Waals surface area (Å²) < 4.78 is 7.14. The average molecular weight is 462 g/mol. The van der Waals surface area contributed by atoms with E-state index in [4.69, 9.17) is 4.74 Å². The second-order valence-corrected chi connectivity index (χ2v) is 8.17. The largest absolute Gasteiger partial charge is 0.461 e. The third-order valence-corrected chi connectivity index (χ3v) is 5.80. The number of nitrogens with zero attached hydrogens (tertiary/aromatic N) is 2. The lowest BCUT2D eigenvalue weighted by Gasteiger charge is -2.10. The van der Waals surface area contributed by atoms with Crippen LogP contribution in [0.4, 0.5) is 5.00 Å². The van der Waals surface area contributed by atoms with Crippen molar-refractivity contribution in [2.24, 2.45) is 5.92 Å². The van der Waals surface area contributed by atoms with Crippen LogP contribution in [0.15, 0.2) is 38.9 Å². The smallest absolute Gasteiger partial charge is 0.359 e. The first-order valence-corrected chi connectivity index (χ1v) is 10.4. The Labute approximate surface area is 172 Å². The number of nitrogens with one attached hydrogen (secondary N) is 1. The maximum absolute atomic E-state index is 13.2. The Balaban J connectivity index is 1.91. The molecule has 1 fully saturated rings. The van der Waals surface area contributed by atoms with Gasteiger partial charge in [-0.3, -0.25) is 9.59 Å². The van der Waals surface area contributed by atoms with Gasteiger partial charge in [0.2, 0.25) is 5.91 Å². The standard InChI is InChI=1S/C19H16BrN3O4S/c1-2-27-19(26)15-13-9-28-17(21-16(24)10-3-4-10)14(13)18(25)23(22-15)12-7-5-11(20)6-8-12/h5-10H,2-4H2,1H3,(H,21,24). The minimum atomic E-state index is -0.615. The molecule has 0 atom stereocenters. The van der Waals surface area contributed by atoms with E-state index in [2.05, 4.69) is 26.3 Å². The van der Waals surface area contributed by atoms with E-state index in [-0.39, 0.29) is 29.5 Å². The molecular weight excluding hydrogens is 446 g/mol. The predicted molar refractivity (Wildman–Crippen MR) is 110 cm³/mol. The average Bonchev–Trinajstić information content (AvgIpc) is 3.45. The number of rotatable bonds is 5. The number of carbonyl (C=O) groups excluding carboxylic acids is 2. The summed E-state index contributed by atoms with van der Waals surface area (Å²) in [5.41, 5.74) is 0.145. The molecular formula is C19H16BrN3O4S. The van der Waals surface area contributed by atoms with E-state index >= 15 is 0 Å². The molecule has 28 heavy (non-hydrogen) atoms. The van der Waals surface area contributed by atoms with E-state index in [1.54, 1.807) is 36.6 Å². The highest BCUT2D eigenvalue weighted by Gasteiger charge is 2.31. The highest BCUT2D eigenvalue weighted by atomic mass is 79.9. The van der Waals surface area contributed by atoms with Gasteiger partial charge in [0.05, 0.1) is 17.7 Å². The molecule has 7 nitrogen and oxygen atoms in total. The summed E-state index contributed by atoms with van der Waals surface area (Å²) in [6.07, 6.45) is 1.71. The van der Waals surface area contributed by atoms with Gasteiger partial charge in [0.15, 0.2) is 5.69 Å². The molecule has 4 rings (SSSR count). The lowest BCUT2D eigenvalue weighted by Crippen LogP contribution is -2.25. The number of amides is 1. The lowest BCUT2D eigenvalue weighted by atomic mass is 10.2. The Morgan fingerprint density at radius 3 is 2.68 bits per heavy atom. The van der Waals surface area contributed by atoms with Crippen LogP contribution >= 0.6 is 27.3 Å². The fourth-order valence-corrected chi connectivity index (χ4v) is 4.01. The zero-order chi connectivity index (χ0) is 19.8. The highest BCUT2D eigenvalue weighted by Crippen LogP contribution is 2.34. The van der Waals surface area contributed by atoms with Crippen LogP contribution in [0.25, 0.3) is 16.5 Å². The third-order valence-electron chi connectivity index (χ3n) is 4.38. The Bertz CT molecular complexity index is 1130. The summed E-state index contributed by atoms with van der Waals surface area (Å²) >= 11 is 4.56. The van der Waals surface area contributed by atoms with Gasteiger partial charge in [-0.05, 0) is 44.0 Å². The summed E-state index contributed by atoms with van der Waals surface area (Å²) in [6, 6.07) is 6.99. The fraction of sp³-hybridized carbons (Fsp3) is 0.263. The van der Waals surface area contributed by atoms with Gasteiger partial charge in [-0.2, -0.15) is 9.78 Å². The second kappa shape index (κ2) is 7.48. The molecule has 0 radical (unpaired) electrons. The van der Waals surface area contributed by atoms with E-state index < -0.39 is 11.5 Å². The van der Waals surface area contributed by atoms with Crippen molar-refractivity contribution in [2.75, 3.05) is 11.9 Å². The molecule has 1 amide bonds. The van der Waals surface area contributed by atoms with Crippen molar-refractivity contribution in [3.8, 4) is 5.69 Å². The van der Waals surface area contributed by atoms with E-state index in [9.17, 15) is 14.4 Å². The second-order valence-electron chi connectivity index (χ2n) is 6.38. The van der Waals surface area contributed by atoms with E-state index in [1.165, 1.54) is 16.0 Å². The molecule has 0 aliphatic heterocycles. The number of fused-ring (bicyclic) bond motifs is 1. The zero-order valence-electron chi connectivity index (χ0n) is 14.9. The SMILES string of the molecule is CCOC(=O)c1nn(-c2ccc(Br)cc2)c(=O)c2c(NC(=O)C3CC3)scc12. The van der Waals surface area contributed by atoms with Crippen LogP contribution in [-0.2, 0) is 9.53 Å². The van der Waals surface area contributed by atoms with Gasteiger partial charge in [-0.1, -0.05) is 15.9 Å². The van der Waals surface area contributed by atoms with Crippen LogP contribution in [0.5, 0.6) is 0 Å². The molecule has 0 spiro atoms. The minimum absolute atomic E-state index is 0.00258. The van der Waals surface area contributed by atoms with Crippen molar-refractivity contribution in [3.63, 3.8) is 0 Å². The number of thiophene rings is 1. The topological polar surface area (TPSA) is 90.3 Å². The highest BCUT2D eigenvalue weighted by molar-refractivity contribution is 9.10. The van der Waals surface area contributed by atoms with Crippen LogP contribution in [0.1, 0.15) is 30.3 Å². The van der Waals surface area contributed by atoms with Crippen LogP contribution in [0, 0.1) is 5.92 Å². The molecule has 2 heterocycles. The number of anilines is 1. The first kappa shape index (κ1) is 18.8. The van der Waals surface area contributed by atoms with E-state index in [1.807, 2.05) is 0 Å². The first-order chi connectivity index (χ1) is 13.5. The Morgan fingerprint density at radius 2 is 2.04 bits per heavy atom. The van der Waals surface area contributed by atoms with E-state index in [0.717, 1.165) is 17.3 Å². The van der Waals surface area contributed by atoms with Gasteiger partial charge in [0.25, 0.3) is 5.56 Å². The van der Waals surface area contributed by atoms with Crippen molar-refractivity contribution in [2.45, 2.75) is 19.8 Å². The Morgan fingerprint density at radius 1 is 1.32 bits per heavy atom. The Hall–Kier alpha value is -2.52. The molecule has 0 unspecified atom stereocenters. The number of hydrogen-bond acceptors (Lipinski definition) is 6. The van der Waals surface area contributed by atoms with Gasteiger partial charge in [0, 0.05) is 21.2 Å². The van der Waals surface area contributed by atoms with Gasteiger partial charge in [-0.15, -0.1) is 11.3 Å². The van der Waals surface area contributed by atoms with Crippen molar-refractivity contribution in [1.29, 1.82) is 0 Å². The minimum Gasteiger partial charge on any atom is -0.461 e. The van der Waals surface area contributed by atoms with Crippen LogP contribution < -0.4 is 10.9 Å². The summed E-state index contributed by atoms with van der Waals surface area (Å²) in [6.45, 7) is 1.89. The summed E-state index contributed by atoms with van der Waals surface area (Å²) in [5.74, 6) is -0.721. The van der Waals surface area contributed by atoms with Gasteiger partial charge >= 0.3 is 5.97 Å². The number of benzene rings is 1. The molecule has 1 saturated carbocycles. The number of halogens is 1. The first-order valence-electron chi connectivity index (χ1n) is 8.78. The Kier molecular flexibility index (Phi) is 5.03. The van der Waals surface area contributed by atoms with Crippen LogP contribution in [-0.4, -0.2) is 28.3 Å². The predicted octanol–water partition coefficient (Wildman–Crippen LogP) is 3.73. The third kappa shape index (κ3) is 3.47. The molecule has 144 valence electrons. The molecule has 0 saturated heterocycles. The molecule has 2 aromatic heterocycles. The van der Waals surface area contributed by atoms with Crippen molar-refractivity contribution in [3.05, 3.63) is 50.2 Å². The quantitative estimate of drug-likeness (QED) is 0.584. The number of ether oxygens (including phenoxy) is 1. The fourth-order valence-electron chi connectivity index (χ4n) is 2.81. The number of carbonyl (C=O) groups is 2. The summed E-state index contributed by atoms with van der Waals surface area (Å²) in [4.78, 5) is 37.9. The van der Waals surface area contributed by atoms with Crippen molar-refractivity contribution < 1.29 is 14.3 Å². The van der Waals surface area contributed by atoms with Gasteiger partial charge < -0.3 is 10.1 Å². The number of hydrogen-bond donors (Lipinski definition) is 1. The van der Waals surface area contributed by atoms with Crippen LogP contribution in [0.2, 0.25) is 0 Å². The van der Waals surface area contributed by atoms with Gasteiger partial charge in [-0.25, -0.2) is 4.79 Å². The molecule has 9 heteroatoms. The van der Waals surface area contributed by atoms with Gasteiger partial charge in [0.1, 0.15) is 5.00 Å². The molecule has 0 bridgehead atoms. The van der Waals surface area contributed by atoms with E-state index in [0.29, 0.717) is 16.1 Å². The van der Waals surface area contributed by atoms with Crippen molar-refractivity contribution in [1.82, 2.24) is 9.78 Å². The van der Waals surface area contributed by atoms with Crippen molar-refractivity contribution >= 4 is 54.9 Å². The maximum atomic E-state index is 13.2. The maximum Gasteiger partial charge on any atom is 0.359 e. The lowest BCUT2D eigenvalue weighted by molar-refractivity contribution is -0.117. The molecule has 1 N–H and O–H groups in total. The molecule has 3 aromatic rings.